The number of anilines is 1. The molecular weight excluding hydrogens is 404 g/mol. The summed E-state index contributed by atoms with van der Waals surface area (Å²) in [5.41, 5.74) is 0.750. The maximum absolute atomic E-state index is 12.2. The summed E-state index contributed by atoms with van der Waals surface area (Å²) in [7, 11) is -3.63. The number of benzene rings is 1. The van der Waals surface area contributed by atoms with Gasteiger partial charge in [0.2, 0.25) is 0 Å². The molecule has 3 rings (SSSR count). The Balaban J connectivity index is 1.96. The maximum atomic E-state index is 12.2. The van der Waals surface area contributed by atoms with Crippen LogP contribution in [0.2, 0.25) is 4.34 Å². The molecule has 2 heterocycles. The van der Waals surface area contributed by atoms with Gasteiger partial charge in [0, 0.05) is 4.47 Å². The molecule has 0 atom stereocenters. The van der Waals surface area contributed by atoms with Crippen LogP contribution in [0.25, 0.3) is 10.2 Å². The lowest BCUT2D eigenvalue weighted by atomic mass is 10.3. The van der Waals surface area contributed by atoms with Gasteiger partial charge in [0.15, 0.2) is 5.13 Å². The molecule has 0 unspecified atom stereocenters. The number of hydrogen-bond donors (Lipinski definition) is 1. The van der Waals surface area contributed by atoms with Crippen LogP contribution in [-0.2, 0) is 10.0 Å². The summed E-state index contributed by atoms with van der Waals surface area (Å²) < 4.78 is 29.2. The number of sulfonamides is 1. The molecule has 0 aliphatic rings. The van der Waals surface area contributed by atoms with Gasteiger partial charge in [-0.1, -0.05) is 38.9 Å². The van der Waals surface area contributed by atoms with Crippen LogP contribution in [-0.4, -0.2) is 13.4 Å². The lowest BCUT2D eigenvalue weighted by molar-refractivity contribution is 0.603. The molecule has 0 aliphatic heterocycles. The number of aromatic nitrogens is 1. The number of halogens is 2. The Morgan fingerprint density at radius 2 is 2.00 bits per heavy atom. The van der Waals surface area contributed by atoms with Gasteiger partial charge in [-0.2, -0.15) is 0 Å². The number of rotatable bonds is 3. The molecule has 20 heavy (non-hydrogen) atoms. The topological polar surface area (TPSA) is 59.1 Å². The smallest absolute Gasteiger partial charge is 0.254 e. The quantitative estimate of drug-likeness (QED) is 0.689. The fourth-order valence-corrected chi connectivity index (χ4v) is 5.68. The molecule has 0 saturated heterocycles. The second kappa shape index (κ2) is 5.27. The molecule has 2 aromatic heterocycles. The van der Waals surface area contributed by atoms with Gasteiger partial charge >= 0.3 is 0 Å². The first kappa shape index (κ1) is 14.3. The number of hydrogen-bond acceptors (Lipinski definition) is 5. The molecular formula is C11H6BrClN2O2S3. The van der Waals surface area contributed by atoms with Crippen molar-refractivity contribution in [3.8, 4) is 0 Å². The molecule has 0 spiro atoms. The molecule has 0 aliphatic carbocycles. The molecule has 0 fully saturated rings. The van der Waals surface area contributed by atoms with E-state index in [4.69, 9.17) is 11.6 Å². The Morgan fingerprint density at radius 1 is 1.20 bits per heavy atom. The van der Waals surface area contributed by atoms with Gasteiger partial charge in [0.1, 0.15) is 4.21 Å². The highest BCUT2D eigenvalue weighted by atomic mass is 79.9. The van der Waals surface area contributed by atoms with Gasteiger partial charge in [-0.3, -0.25) is 4.72 Å². The SMILES string of the molecule is O=S(=O)(Nc1nc2ccc(Br)cc2s1)c1ccc(Cl)s1. The fourth-order valence-electron chi connectivity index (χ4n) is 1.55. The van der Waals surface area contributed by atoms with Crippen LogP contribution in [0.1, 0.15) is 0 Å². The van der Waals surface area contributed by atoms with Crippen LogP contribution in [0.3, 0.4) is 0 Å². The predicted molar refractivity (Wildman–Crippen MR) is 87.5 cm³/mol. The van der Waals surface area contributed by atoms with E-state index in [2.05, 4.69) is 25.6 Å². The summed E-state index contributed by atoms with van der Waals surface area (Å²) in [6, 6.07) is 8.61. The van der Waals surface area contributed by atoms with Crippen molar-refractivity contribution in [2.24, 2.45) is 0 Å². The molecule has 1 aromatic carbocycles. The van der Waals surface area contributed by atoms with E-state index < -0.39 is 10.0 Å². The number of nitrogens with one attached hydrogen (secondary N) is 1. The molecule has 4 nitrogen and oxygen atoms in total. The molecule has 1 N–H and O–H groups in total. The van der Waals surface area contributed by atoms with Crippen LogP contribution in [0.4, 0.5) is 5.13 Å². The number of nitrogens with zero attached hydrogens (tertiary/aromatic N) is 1. The van der Waals surface area contributed by atoms with Crippen molar-refractivity contribution >= 4 is 75.6 Å². The highest BCUT2D eigenvalue weighted by Gasteiger charge is 2.18. The van der Waals surface area contributed by atoms with Crippen molar-refractivity contribution in [3.63, 3.8) is 0 Å². The summed E-state index contributed by atoms with van der Waals surface area (Å²) in [5, 5.41) is 0.336. The highest BCUT2D eigenvalue weighted by Crippen LogP contribution is 2.31. The normalized spacial score (nSPS) is 11.9. The Bertz CT molecular complexity index is 888. The number of thiazole rings is 1. The molecule has 3 aromatic rings. The minimum Gasteiger partial charge on any atom is -0.254 e. The van der Waals surface area contributed by atoms with Gasteiger partial charge in [0.05, 0.1) is 14.6 Å². The molecule has 0 amide bonds. The molecule has 104 valence electrons. The molecule has 0 saturated carbocycles. The molecule has 0 radical (unpaired) electrons. The third kappa shape index (κ3) is 2.84. The van der Waals surface area contributed by atoms with E-state index in [1.54, 1.807) is 6.07 Å². The number of thiophene rings is 1. The zero-order chi connectivity index (χ0) is 14.3. The lowest BCUT2D eigenvalue weighted by Gasteiger charge is -2.00. The van der Waals surface area contributed by atoms with Crippen LogP contribution in [0.5, 0.6) is 0 Å². The minimum atomic E-state index is -3.63. The van der Waals surface area contributed by atoms with E-state index in [0.717, 1.165) is 26.0 Å². The van der Waals surface area contributed by atoms with E-state index in [9.17, 15) is 8.42 Å². The Hall–Kier alpha value is -0.670. The van der Waals surface area contributed by atoms with E-state index >= 15 is 0 Å². The first-order valence-electron chi connectivity index (χ1n) is 5.28. The van der Waals surface area contributed by atoms with Gasteiger partial charge in [-0.05, 0) is 30.3 Å². The predicted octanol–water partition coefficient (Wildman–Crippen LogP) is 4.57. The average Bonchev–Trinajstić information content (AvgIpc) is 2.94. The first-order valence-corrected chi connectivity index (χ1v) is 9.57. The summed E-state index contributed by atoms with van der Waals surface area (Å²) in [4.78, 5) is 4.25. The largest absolute Gasteiger partial charge is 0.273 e. The third-order valence-corrected chi connectivity index (χ3v) is 7.00. The van der Waals surface area contributed by atoms with Crippen LogP contribution in [0.15, 0.2) is 39.0 Å². The van der Waals surface area contributed by atoms with Crippen LogP contribution < -0.4 is 4.72 Å². The van der Waals surface area contributed by atoms with Gasteiger partial charge in [0.25, 0.3) is 10.0 Å². The highest BCUT2D eigenvalue weighted by molar-refractivity contribution is 9.10. The second-order valence-electron chi connectivity index (χ2n) is 3.80. The Labute approximate surface area is 136 Å². The minimum absolute atomic E-state index is 0.169. The zero-order valence-corrected chi connectivity index (χ0v) is 14.4. The third-order valence-electron chi connectivity index (χ3n) is 2.39. The standard InChI is InChI=1S/C11H6BrClN2O2S3/c12-6-1-2-7-8(5-6)18-11(14-7)15-20(16,17)10-4-3-9(13)19-10/h1-5H,(H,14,15). The molecule has 9 heteroatoms. The van der Waals surface area contributed by atoms with Crippen molar-refractivity contribution in [1.29, 1.82) is 0 Å². The second-order valence-corrected chi connectivity index (χ2v) is 9.37. The van der Waals surface area contributed by atoms with E-state index in [1.807, 2.05) is 18.2 Å². The zero-order valence-electron chi connectivity index (χ0n) is 9.63. The summed E-state index contributed by atoms with van der Waals surface area (Å²) in [6.45, 7) is 0. The summed E-state index contributed by atoms with van der Waals surface area (Å²) >= 11 is 11.4. The maximum Gasteiger partial charge on any atom is 0.273 e. The summed E-state index contributed by atoms with van der Waals surface area (Å²) in [5.74, 6) is 0. The first-order chi connectivity index (χ1) is 9.44. The fraction of sp³-hybridized carbons (Fsp3) is 0. The lowest BCUT2D eigenvalue weighted by Crippen LogP contribution is -2.10. The monoisotopic (exact) mass is 408 g/mol. The van der Waals surface area contributed by atoms with Gasteiger partial charge in [-0.15, -0.1) is 11.3 Å². The number of fused-ring (bicyclic) bond motifs is 1. The van der Waals surface area contributed by atoms with E-state index in [0.29, 0.717) is 9.47 Å². The van der Waals surface area contributed by atoms with E-state index in [1.165, 1.54) is 17.4 Å². The van der Waals surface area contributed by atoms with Crippen molar-refractivity contribution < 1.29 is 8.42 Å². The van der Waals surface area contributed by atoms with Crippen molar-refractivity contribution in [2.75, 3.05) is 4.72 Å². The van der Waals surface area contributed by atoms with Crippen LogP contribution in [0, 0.1) is 0 Å². The Morgan fingerprint density at radius 3 is 2.70 bits per heavy atom. The average molecular weight is 410 g/mol. The van der Waals surface area contributed by atoms with Gasteiger partial charge in [-0.25, -0.2) is 13.4 Å². The van der Waals surface area contributed by atoms with Crippen molar-refractivity contribution in [3.05, 3.63) is 39.1 Å². The molecule has 0 bridgehead atoms. The van der Waals surface area contributed by atoms with Gasteiger partial charge < -0.3 is 0 Å². The Kier molecular flexibility index (Phi) is 3.76. The summed E-state index contributed by atoms with van der Waals surface area (Å²) in [6.07, 6.45) is 0. The van der Waals surface area contributed by atoms with Crippen LogP contribution >= 0.6 is 50.2 Å². The van der Waals surface area contributed by atoms with E-state index in [-0.39, 0.29) is 4.21 Å². The van der Waals surface area contributed by atoms with Crippen molar-refractivity contribution in [1.82, 2.24) is 4.98 Å². The van der Waals surface area contributed by atoms with Crippen molar-refractivity contribution in [2.45, 2.75) is 4.21 Å².